The molecule has 0 radical (unpaired) electrons. The summed E-state index contributed by atoms with van der Waals surface area (Å²) in [6.07, 6.45) is 1.23. The Bertz CT molecular complexity index is 679. The standard InChI is InChI=1S/C14H12Br2ClNO4/c1-6-4-8(15)11(9(16)10(6)17)18-5-7-12(19)21-14(2,3)22-13(7)20/h4-5,18H,1-3H3. The van der Waals surface area contributed by atoms with Crippen molar-refractivity contribution in [1.29, 1.82) is 0 Å². The van der Waals surface area contributed by atoms with Gasteiger partial charge >= 0.3 is 11.9 Å². The molecule has 1 saturated heterocycles. The van der Waals surface area contributed by atoms with Crippen LogP contribution in [0.4, 0.5) is 5.69 Å². The van der Waals surface area contributed by atoms with E-state index in [1.165, 1.54) is 20.0 Å². The molecule has 1 aliphatic heterocycles. The average Bonchev–Trinajstić information content (AvgIpc) is 2.37. The van der Waals surface area contributed by atoms with Gasteiger partial charge in [0.2, 0.25) is 0 Å². The molecule has 0 saturated carbocycles. The second-order valence-electron chi connectivity index (χ2n) is 5.06. The molecule has 1 N–H and O–H groups in total. The molecule has 0 aliphatic carbocycles. The van der Waals surface area contributed by atoms with Crippen LogP contribution in [0.25, 0.3) is 0 Å². The minimum Gasteiger partial charge on any atom is -0.419 e. The van der Waals surface area contributed by atoms with Gasteiger partial charge in [0.05, 0.1) is 15.2 Å². The lowest BCUT2D eigenvalue weighted by Gasteiger charge is -2.29. The van der Waals surface area contributed by atoms with Crippen LogP contribution in [-0.4, -0.2) is 17.7 Å². The number of cyclic esters (lactones) is 2. The zero-order chi connectivity index (χ0) is 16.7. The number of aryl methyl sites for hydroxylation is 1. The van der Waals surface area contributed by atoms with Crippen molar-refractivity contribution in [3.8, 4) is 0 Å². The number of halogens is 3. The van der Waals surface area contributed by atoms with Crippen LogP contribution in [0.15, 0.2) is 26.8 Å². The highest BCUT2D eigenvalue weighted by molar-refractivity contribution is 9.11. The third kappa shape index (κ3) is 3.47. The molecule has 0 amide bonds. The number of esters is 2. The molecule has 8 heteroatoms. The fraction of sp³-hybridized carbons (Fsp3) is 0.286. The number of hydrogen-bond acceptors (Lipinski definition) is 5. The Hall–Kier alpha value is -1.05. The van der Waals surface area contributed by atoms with E-state index in [2.05, 4.69) is 37.2 Å². The van der Waals surface area contributed by atoms with Gasteiger partial charge in [0.25, 0.3) is 5.79 Å². The highest BCUT2D eigenvalue weighted by atomic mass is 79.9. The van der Waals surface area contributed by atoms with Crippen LogP contribution in [0.2, 0.25) is 5.02 Å². The summed E-state index contributed by atoms with van der Waals surface area (Å²) < 4.78 is 11.3. The van der Waals surface area contributed by atoms with Crippen LogP contribution in [0.5, 0.6) is 0 Å². The van der Waals surface area contributed by atoms with Crippen LogP contribution in [0.1, 0.15) is 19.4 Å². The van der Waals surface area contributed by atoms with Crippen LogP contribution >= 0.6 is 43.5 Å². The van der Waals surface area contributed by atoms with Gasteiger partial charge in [-0.15, -0.1) is 0 Å². The molecule has 1 aromatic carbocycles. The lowest BCUT2D eigenvalue weighted by molar-refractivity contribution is -0.222. The van der Waals surface area contributed by atoms with Crippen molar-refractivity contribution in [2.45, 2.75) is 26.6 Å². The van der Waals surface area contributed by atoms with E-state index in [1.54, 1.807) is 0 Å². The van der Waals surface area contributed by atoms with Crippen molar-refractivity contribution in [3.63, 3.8) is 0 Å². The van der Waals surface area contributed by atoms with E-state index in [0.717, 1.165) is 10.0 Å². The number of rotatable bonds is 2. The maximum Gasteiger partial charge on any atom is 0.350 e. The van der Waals surface area contributed by atoms with Gasteiger partial charge in [-0.25, -0.2) is 9.59 Å². The summed E-state index contributed by atoms with van der Waals surface area (Å²) in [6.45, 7) is 4.83. The molecule has 0 unspecified atom stereocenters. The Labute approximate surface area is 149 Å². The number of hydrogen-bond donors (Lipinski definition) is 1. The Morgan fingerprint density at radius 1 is 1.23 bits per heavy atom. The van der Waals surface area contributed by atoms with Gasteiger partial charge in [-0.2, -0.15) is 0 Å². The number of ether oxygens (including phenoxy) is 2. The maximum absolute atomic E-state index is 11.9. The lowest BCUT2D eigenvalue weighted by atomic mass is 10.2. The zero-order valence-electron chi connectivity index (χ0n) is 11.9. The molecule has 22 heavy (non-hydrogen) atoms. The van der Waals surface area contributed by atoms with E-state index in [-0.39, 0.29) is 5.57 Å². The smallest absolute Gasteiger partial charge is 0.350 e. The highest BCUT2D eigenvalue weighted by Crippen LogP contribution is 2.39. The van der Waals surface area contributed by atoms with Gasteiger partial charge in [0, 0.05) is 24.5 Å². The monoisotopic (exact) mass is 451 g/mol. The first-order valence-electron chi connectivity index (χ1n) is 6.20. The summed E-state index contributed by atoms with van der Waals surface area (Å²) >= 11 is 12.9. The van der Waals surface area contributed by atoms with Crippen molar-refractivity contribution in [1.82, 2.24) is 0 Å². The van der Waals surface area contributed by atoms with Crippen molar-refractivity contribution >= 4 is 61.1 Å². The van der Waals surface area contributed by atoms with Gasteiger partial charge in [0.15, 0.2) is 5.57 Å². The minimum absolute atomic E-state index is 0.227. The number of nitrogens with one attached hydrogen (secondary N) is 1. The fourth-order valence-electron chi connectivity index (χ4n) is 1.77. The summed E-state index contributed by atoms with van der Waals surface area (Å²) in [7, 11) is 0. The largest absolute Gasteiger partial charge is 0.419 e. The first-order valence-corrected chi connectivity index (χ1v) is 8.16. The Morgan fingerprint density at radius 2 is 1.77 bits per heavy atom. The van der Waals surface area contributed by atoms with E-state index >= 15 is 0 Å². The minimum atomic E-state index is -1.26. The second-order valence-corrected chi connectivity index (χ2v) is 7.08. The van der Waals surface area contributed by atoms with E-state index in [0.29, 0.717) is 15.2 Å². The second kappa shape index (κ2) is 6.22. The third-order valence-electron chi connectivity index (χ3n) is 2.82. The number of carbonyl (C=O) groups is 2. The van der Waals surface area contributed by atoms with E-state index in [1.807, 2.05) is 13.0 Å². The topological polar surface area (TPSA) is 64.6 Å². The normalized spacial score (nSPS) is 16.9. The maximum atomic E-state index is 11.9. The first-order chi connectivity index (χ1) is 10.1. The van der Waals surface area contributed by atoms with Crippen molar-refractivity contribution < 1.29 is 19.1 Å². The SMILES string of the molecule is Cc1cc(Br)c(NC=C2C(=O)OC(C)(C)OC2=O)c(Br)c1Cl. The first kappa shape index (κ1) is 17.3. The molecule has 5 nitrogen and oxygen atoms in total. The van der Waals surface area contributed by atoms with Crippen molar-refractivity contribution in [2.75, 3.05) is 5.32 Å². The molecule has 0 aromatic heterocycles. The summed E-state index contributed by atoms with van der Waals surface area (Å²) in [5.74, 6) is -2.77. The molecule has 1 aromatic rings. The predicted molar refractivity (Wildman–Crippen MR) is 89.6 cm³/mol. The molecule has 0 atom stereocenters. The number of anilines is 1. The molecule has 1 aliphatic rings. The summed E-state index contributed by atoms with van der Waals surface area (Å²) in [6, 6.07) is 1.81. The van der Waals surface area contributed by atoms with Crippen LogP contribution in [-0.2, 0) is 19.1 Å². The highest BCUT2D eigenvalue weighted by Gasteiger charge is 2.39. The summed E-state index contributed by atoms with van der Waals surface area (Å²) in [4.78, 5) is 23.7. The number of benzene rings is 1. The fourth-order valence-corrected chi connectivity index (χ4v) is 3.48. The van der Waals surface area contributed by atoms with Gasteiger partial charge in [-0.05, 0) is 50.4 Å². The molecule has 118 valence electrons. The molecule has 0 bridgehead atoms. The summed E-state index contributed by atoms with van der Waals surface area (Å²) in [5.41, 5.74) is 1.22. The summed E-state index contributed by atoms with van der Waals surface area (Å²) in [5, 5.41) is 3.39. The molecule has 2 rings (SSSR count). The van der Waals surface area contributed by atoms with Gasteiger partial charge < -0.3 is 14.8 Å². The molecule has 1 fully saturated rings. The lowest BCUT2D eigenvalue weighted by Crippen LogP contribution is -2.42. The predicted octanol–water partition coefficient (Wildman–Crippen LogP) is 4.31. The Balaban J connectivity index is 2.32. The molecular formula is C14H12Br2ClNO4. The van der Waals surface area contributed by atoms with Crippen molar-refractivity contribution in [3.05, 3.63) is 37.4 Å². The third-order valence-corrected chi connectivity index (χ3v) is 4.95. The van der Waals surface area contributed by atoms with E-state index in [9.17, 15) is 9.59 Å². The van der Waals surface area contributed by atoms with E-state index < -0.39 is 17.7 Å². The zero-order valence-corrected chi connectivity index (χ0v) is 15.8. The van der Waals surface area contributed by atoms with Crippen molar-refractivity contribution in [2.24, 2.45) is 0 Å². The average molecular weight is 454 g/mol. The van der Waals surface area contributed by atoms with Gasteiger partial charge in [-0.3, -0.25) is 0 Å². The molecule has 1 heterocycles. The van der Waals surface area contributed by atoms with Gasteiger partial charge in [0.1, 0.15) is 0 Å². The molecule has 0 spiro atoms. The van der Waals surface area contributed by atoms with E-state index in [4.69, 9.17) is 21.1 Å². The number of carbonyl (C=O) groups excluding carboxylic acids is 2. The van der Waals surface area contributed by atoms with Crippen LogP contribution in [0, 0.1) is 6.92 Å². The Morgan fingerprint density at radius 3 is 2.32 bits per heavy atom. The molecular weight excluding hydrogens is 441 g/mol. The Kier molecular flexibility index (Phi) is 4.89. The van der Waals surface area contributed by atoms with Crippen LogP contribution < -0.4 is 5.32 Å². The van der Waals surface area contributed by atoms with Crippen LogP contribution in [0.3, 0.4) is 0 Å². The van der Waals surface area contributed by atoms with Gasteiger partial charge in [-0.1, -0.05) is 11.6 Å². The quantitative estimate of drug-likeness (QED) is 0.313.